The molecule has 3 aromatic carbocycles. The minimum Gasteiger partial charge on any atom is -0.289 e. The fourth-order valence-corrected chi connectivity index (χ4v) is 6.66. The standard InChI is InChI=1S/C18H13Cl2N3.C18H15ClN4/c1-10-17-11(2)22-18(13-5-3-4-6-14(13)20)23(17)16-9-12(19)7-8-15(16)21-10;1-10-9-20-7-6-14(10)18-22-12(3)17-11(2)21-15-5-4-13(19)8-16(15)23(17)18/h3-9H,1-2H3;4-9H,1-3H3. The molecule has 0 radical (unpaired) electrons. The van der Waals surface area contributed by atoms with Gasteiger partial charge in [-0.3, -0.25) is 13.8 Å². The molecule has 8 rings (SSSR count). The summed E-state index contributed by atoms with van der Waals surface area (Å²) in [4.78, 5) is 23.1. The van der Waals surface area contributed by atoms with Crippen LogP contribution in [0.1, 0.15) is 28.3 Å². The molecule has 0 fully saturated rings. The Morgan fingerprint density at radius 1 is 0.543 bits per heavy atom. The Labute approximate surface area is 280 Å². The molecule has 0 saturated heterocycles. The lowest BCUT2D eigenvalue weighted by molar-refractivity contribution is 1.14. The van der Waals surface area contributed by atoms with E-state index in [0.29, 0.717) is 15.1 Å². The maximum absolute atomic E-state index is 6.40. The molecule has 0 spiro atoms. The van der Waals surface area contributed by atoms with E-state index >= 15 is 0 Å². The van der Waals surface area contributed by atoms with E-state index < -0.39 is 0 Å². The Bertz CT molecular complexity index is 2310. The van der Waals surface area contributed by atoms with Crippen molar-refractivity contribution < 1.29 is 0 Å². The number of hydrogen-bond donors (Lipinski definition) is 0. The molecule has 0 aliphatic heterocycles. The van der Waals surface area contributed by atoms with Gasteiger partial charge < -0.3 is 0 Å². The number of aromatic nitrogens is 7. The maximum Gasteiger partial charge on any atom is 0.146 e. The Morgan fingerprint density at radius 3 is 1.57 bits per heavy atom. The van der Waals surface area contributed by atoms with E-state index in [2.05, 4.69) is 18.8 Å². The molecule has 0 atom stereocenters. The molecular formula is C36H28Cl3N7. The van der Waals surface area contributed by atoms with Crippen LogP contribution in [0.2, 0.25) is 15.1 Å². The Morgan fingerprint density at radius 2 is 1.04 bits per heavy atom. The van der Waals surface area contributed by atoms with Crippen molar-refractivity contribution in [1.29, 1.82) is 0 Å². The van der Waals surface area contributed by atoms with E-state index in [-0.39, 0.29) is 0 Å². The van der Waals surface area contributed by atoms with Gasteiger partial charge in [0, 0.05) is 33.6 Å². The number of pyridine rings is 1. The molecule has 5 heterocycles. The van der Waals surface area contributed by atoms with Gasteiger partial charge in [-0.25, -0.2) is 19.9 Å². The molecule has 0 aliphatic carbocycles. The highest BCUT2D eigenvalue weighted by Crippen LogP contribution is 2.33. The number of imidazole rings is 2. The lowest BCUT2D eigenvalue weighted by Crippen LogP contribution is -1.98. The molecule has 7 nitrogen and oxygen atoms in total. The minimum atomic E-state index is 0.668. The maximum atomic E-state index is 6.40. The van der Waals surface area contributed by atoms with Crippen LogP contribution in [0.15, 0.2) is 79.1 Å². The molecule has 5 aromatic heterocycles. The second-order valence-corrected chi connectivity index (χ2v) is 12.5. The molecule has 228 valence electrons. The highest BCUT2D eigenvalue weighted by atomic mass is 35.5. The van der Waals surface area contributed by atoms with Crippen LogP contribution in [0.5, 0.6) is 0 Å². The lowest BCUT2D eigenvalue weighted by atomic mass is 10.1. The smallest absolute Gasteiger partial charge is 0.146 e. The summed E-state index contributed by atoms with van der Waals surface area (Å²) in [5.74, 6) is 1.70. The quantitative estimate of drug-likeness (QED) is 0.184. The van der Waals surface area contributed by atoms with Crippen molar-refractivity contribution in [3.63, 3.8) is 0 Å². The molecule has 8 aromatic rings. The highest BCUT2D eigenvalue weighted by molar-refractivity contribution is 6.33. The zero-order valence-corrected chi connectivity index (χ0v) is 28.0. The molecule has 10 heteroatoms. The van der Waals surface area contributed by atoms with Gasteiger partial charge in [0.1, 0.15) is 11.6 Å². The normalized spacial score (nSPS) is 11.5. The van der Waals surface area contributed by atoms with Gasteiger partial charge in [-0.1, -0.05) is 46.9 Å². The number of nitrogens with zero attached hydrogens (tertiary/aromatic N) is 7. The van der Waals surface area contributed by atoms with Crippen LogP contribution >= 0.6 is 34.8 Å². The summed E-state index contributed by atoms with van der Waals surface area (Å²) in [7, 11) is 0. The third-order valence-electron chi connectivity index (χ3n) is 8.10. The van der Waals surface area contributed by atoms with E-state index in [1.165, 1.54) is 0 Å². The number of hydrogen-bond acceptors (Lipinski definition) is 5. The third-order valence-corrected chi connectivity index (χ3v) is 8.90. The SMILES string of the molecule is Cc1cnccc1-c1nc(C)c2c(C)nc3ccc(Cl)cc3n12.Cc1nc(-c2ccccc2Cl)n2c1c(C)nc1ccc(Cl)cc12. The van der Waals surface area contributed by atoms with E-state index in [0.717, 1.165) is 84.2 Å². The van der Waals surface area contributed by atoms with Gasteiger partial charge in [-0.2, -0.15) is 0 Å². The fraction of sp³-hybridized carbons (Fsp3) is 0.139. The van der Waals surface area contributed by atoms with Crippen LogP contribution < -0.4 is 0 Å². The van der Waals surface area contributed by atoms with E-state index in [1.807, 2.05) is 108 Å². The van der Waals surface area contributed by atoms with E-state index in [4.69, 9.17) is 49.8 Å². The first kappa shape index (κ1) is 30.1. The van der Waals surface area contributed by atoms with Crippen molar-refractivity contribution >= 4 is 67.9 Å². The summed E-state index contributed by atoms with van der Waals surface area (Å²) >= 11 is 18.8. The Kier molecular flexibility index (Phi) is 7.64. The van der Waals surface area contributed by atoms with Crippen molar-refractivity contribution in [2.45, 2.75) is 34.6 Å². The van der Waals surface area contributed by atoms with Crippen molar-refractivity contribution in [1.82, 2.24) is 33.7 Å². The molecule has 46 heavy (non-hydrogen) atoms. The van der Waals surface area contributed by atoms with Gasteiger partial charge in [0.25, 0.3) is 0 Å². The first-order valence-electron chi connectivity index (χ1n) is 14.7. The second kappa shape index (κ2) is 11.7. The average molecular weight is 665 g/mol. The minimum absolute atomic E-state index is 0.668. The van der Waals surface area contributed by atoms with Gasteiger partial charge in [0.15, 0.2) is 0 Å². The molecule has 0 bridgehead atoms. The zero-order valence-electron chi connectivity index (χ0n) is 25.8. The van der Waals surface area contributed by atoms with Gasteiger partial charge in [-0.05, 0) is 94.8 Å². The summed E-state index contributed by atoms with van der Waals surface area (Å²) in [6.07, 6.45) is 3.65. The predicted octanol–water partition coefficient (Wildman–Crippen LogP) is 10.00. The molecule has 0 amide bonds. The number of fused-ring (bicyclic) bond motifs is 6. The zero-order chi connectivity index (χ0) is 32.3. The number of rotatable bonds is 2. The number of halogens is 3. The fourth-order valence-electron chi connectivity index (χ4n) is 6.11. The van der Waals surface area contributed by atoms with Gasteiger partial charge >= 0.3 is 0 Å². The second-order valence-electron chi connectivity index (χ2n) is 11.2. The number of benzene rings is 3. The highest BCUT2D eigenvalue weighted by Gasteiger charge is 2.19. The van der Waals surface area contributed by atoms with E-state index in [9.17, 15) is 0 Å². The van der Waals surface area contributed by atoms with Crippen LogP contribution in [0.4, 0.5) is 0 Å². The summed E-state index contributed by atoms with van der Waals surface area (Å²) < 4.78 is 4.25. The van der Waals surface area contributed by atoms with Crippen LogP contribution in [0.25, 0.3) is 55.9 Å². The van der Waals surface area contributed by atoms with Gasteiger partial charge in [0.05, 0.1) is 60.9 Å². The largest absolute Gasteiger partial charge is 0.289 e. The Balaban J connectivity index is 0.000000147. The summed E-state index contributed by atoms with van der Waals surface area (Å²) in [6, 6.07) is 21.2. The molecule has 0 aliphatic rings. The predicted molar refractivity (Wildman–Crippen MR) is 188 cm³/mol. The first-order chi connectivity index (χ1) is 22.1. The van der Waals surface area contributed by atoms with Crippen molar-refractivity contribution in [2.75, 3.05) is 0 Å². The Hall–Kier alpha value is -4.56. The van der Waals surface area contributed by atoms with Crippen LogP contribution in [0, 0.1) is 34.6 Å². The monoisotopic (exact) mass is 663 g/mol. The van der Waals surface area contributed by atoms with Crippen molar-refractivity contribution in [3.8, 4) is 22.8 Å². The molecule has 0 saturated carbocycles. The van der Waals surface area contributed by atoms with Gasteiger partial charge in [0.2, 0.25) is 0 Å². The van der Waals surface area contributed by atoms with Crippen molar-refractivity contribution in [2.24, 2.45) is 0 Å². The van der Waals surface area contributed by atoms with Crippen LogP contribution in [-0.4, -0.2) is 33.7 Å². The van der Waals surface area contributed by atoms with E-state index in [1.54, 1.807) is 6.20 Å². The summed E-state index contributed by atoms with van der Waals surface area (Å²) in [5, 5.41) is 2.03. The summed E-state index contributed by atoms with van der Waals surface area (Å²) in [6.45, 7) is 10.1. The number of aryl methyl sites for hydroxylation is 5. The van der Waals surface area contributed by atoms with Crippen molar-refractivity contribution in [3.05, 3.63) is 123 Å². The molecule has 0 N–H and O–H groups in total. The average Bonchev–Trinajstić information content (AvgIpc) is 3.57. The van der Waals surface area contributed by atoms with Gasteiger partial charge in [-0.15, -0.1) is 0 Å². The topological polar surface area (TPSA) is 73.3 Å². The molecule has 0 unspecified atom stereocenters. The third kappa shape index (κ3) is 5.05. The summed E-state index contributed by atoms with van der Waals surface area (Å²) in [5.41, 5.74) is 12.5. The van der Waals surface area contributed by atoms with Crippen LogP contribution in [0.3, 0.4) is 0 Å². The lowest BCUT2D eigenvalue weighted by Gasteiger charge is -2.09. The van der Waals surface area contributed by atoms with Crippen LogP contribution in [-0.2, 0) is 0 Å². The first-order valence-corrected chi connectivity index (χ1v) is 15.8. The molecular weight excluding hydrogens is 637 g/mol.